The molecule has 1 aromatic heterocycles. The molecule has 3 heterocycles. The molecule has 0 aliphatic carbocycles. The third kappa shape index (κ3) is 5.80. The molecule has 2 aromatic rings. The number of β-lactam (4-membered cyclic amide) rings is 1. The van der Waals surface area contributed by atoms with Gasteiger partial charge in [0.25, 0.3) is 11.6 Å². The summed E-state index contributed by atoms with van der Waals surface area (Å²) in [7, 11) is 1.31. The van der Waals surface area contributed by atoms with Crippen LogP contribution in [0, 0.1) is 0 Å². The van der Waals surface area contributed by atoms with Crippen molar-refractivity contribution in [1.82, 2.24) is 10.2 Å². The molecule has 2 aliphatic heterocycles. The fourth-order valence-corrected chi connectivity index (χ4v) is 6.04. The van der Waals surface area contributed by atoms with Crippen molar-refractivity contribution in [3.63, 3.8) is 0 Å². The van der Waals surface area contributed by atoms with Crippen molar-refractivity contribution >= 4 is 47.0 Å². The number of thioether (sulfide) groups is 1. The van der Waals surface area contributed by atoms with E-state index >= 15 is 0 Å². The molecular formula is C24H25N3O8S2. The zero-order valence-electron chi connectivity index (χ0n) is 19.8. The van der Waals surface area contributed by atoms with Gasteiger partial charge in [0.15, 0.2) is 6.79 Å². The second kappa shape index (κ2) is 11.8. The van der Waals surface area contributed by atoms with Gasteiger partial charge in [-0.3, -0.25) is 14.5 Å². The standard InChI is InChI=1S/C24H25N3O8S2/c1-32-24(26-18(28)10-17-8-5-9-36-17)21(30)27-19(16(12-34-23(25)31)13-37-22(24)27)20(29)35-14-33-11-15-6-3-2-4-7-15/h2-9,22H,10-14H2,1H3,(H2,25,31)(H,26,28)/t22-,24-/m0/s1. The fraction of sp³-hybridized carbons (Fsp3) is 0.333. The van der Waals surface area contributed by atoms with E-state index in [1.807, 2.05) is 47.8 Å². The summed E-state index contributed by atoms with van der Waals surface area (Å²) in [5.41, 5.74) is 4.55. The molecule has 13 heteroatoms. The third-order valence-corrected chi connectivity index (χ3v) is 7.89. The summed E-state index contributed by atoms with van der Waals surface area (Å²) in [4.78, 5) is 52.3. The van der Waals surface area contributed by atoms with Crippen LogP contribution in [0.4, 0.5) is 4.79 Å². The van der Waals surface area contributed by atoms with E-state index in [1.54, 1.807) is 0 Å². The van der Waals surface area contributed by atoms with E-state index in [1.165, 1.54) is 35.1 Å². The SMILES string of the molecule is CO[C@@]1(NC(=O)Cc2cccs2)C(=O)N2C(C(=O)OCOCc3ccccc3)=C(COC(N)=O)CS[C@H]21. The smallest absolute Gasteiger partial charge is 0.404 e. The van der Waals surface area contributed by atoms with Crippen LogP contribution in [-0.4, -0.2) is 66.1 Å². The number of benzene rings is 1. The lowest BCUT2D eigenvalue weighted by Gasteiger charge is -2.55. The molecule has 0 radical (unpaired) electrons. The number of nitrogens with two attached hydrogens (primary N) is 1. The van der Waals surface area contributed by atoms with Gasteiger partial charge in [0.1, 0.15) is 17.7 Å². The molecule has 3 amide bonds. The summed E-state index contributed by atoms with van der Waals surface area (Å²) in [5, 5.41) is 3.79. The highest BCUT2D eigenvalue weighted by molar-refractivity contribution is 8.00. The van der Waals surface area contributed by atoms with Gasteiger partial charge in [-0.2, -0.15) is 0 Å². The van der Waals surface area contributed by atoms with Crippen molar-refractivity contribution < 1.29 is 38.1 Å². The molecule has 0 saturated carbocycles. The molecule has 0 spiro atoms. The van der Waals surface area contributed by atoms with E-state index in [2.05, 4.69) is 5.32 Å². The molecule has 2 atom stereocenters. The topological polar surface area (TPSA) is 146 Å². The monoisotopic (exact) mass is 547 g/mol. The molecule has 11 nitrogen and oxygen atoms in total. The van der Waals surface area contributed by atoms with Crippen LogP contribution in [0.3, 0.4) is 0 Å². The number of fused-ring (bicyclic) bond motifs is 1. The largest absolute Gasteiger partial charge is 0.445 e. The quantitative estimate of drug-likeness (QED) is 0.186. The van der Waals surface area contributed by atoms with E-state index in [-0.39, 0.29) is 37.9 Å². The van der Waals surface area contributed by atoms with Crippen LogP contribution in [0.2, 0.25) is 0 Å². The van der Waals surface area contributed by atoms with Crippen LogP contribution < -0.4 is 11.1 Å². The molecule has 0 unspecified atom stereocenters. The second-order valence-electron chi connectivity index (χ2n) is 8.03. The number of primary amides is 1. The Bertz CT molecular complexity index is 1190. The van der Waals surface area contributed by atoms with Crippen molar-refractivity contribution in [2.45, 2.75) is 24.1 Å². The summed E-state index contributed by atoms with van der Waals surface area (Å²) in [6.45, 7) is -0.457. The lowest BCUT2D eigenvalue weighted by Crippen LogP contribution is -2.80. The second-order valence-corrected chi connectivity index (χ2v) is 10.1. The first-order valence-electron chi connectivity index (χ1n) is 11.1. The number of carbonyl (C=O) groups is 4. The van der Waals surface area contributed by atoms with Gasteiger partial charge in [-0.15, -0.1) is 23.1 Å². The molecule has 3 N–H and O–H groups in total. The first-order chi connectivity index (χ1) is 17.9. The number of hydrogen-bond acceptors (Lipinski definition) is 10. The van der Waals surface area contributed by atoms with Gasteiger partial charge in [-0.05, 0) is 17.0 Å². The average Bonchev–Trinajstić information content (AvgIpc) is 3.41. The number of rotatable bonds is 11. The summed E-state index contributed by atoms with van der Waals surface area (Å²) >= 11 is 2.66. The van der Waals surface area contributed by atoms with E-state index in [4.69, 9.17) is 24.7 Å². The van der Waals surface area contributed by atoms with Crippen molar-refractivity contribution in [3.8, 4) is 0 Å². The van der Waals surface area contributed by atoms with Crippen LogP contribution in [0.1, 0.15) is 10.4 Å². The molecule has 196 valence electrons. The third-order valence-electron chi connectivity index (χ3n) is 5.64. The van der Waals surface area contributed by atoms with Crippen LogP contribution >= 0.6 is 23.1 Å². The molecule has 0 bridgehead atoms. The maximum atomic E-state index is 13.4. The van der Waals surface area contributed by atoms with Gasteiger partial charge in [-0.25, -0.2) is 9.59 Å². The van der Waals surface area contributed by atoms with Crippen LogP contribution in [0.15, 0.2) is 59.1 Å². The van der Waals surface area contributed by atoms with E-state index in [0.29, 0.717) is 5.57 Å². The Morgan fingerprint density at radius 1 is 1.14 bits per heavy atom. The minimum absolute atomic E-state index is 0.0780. The normalized spacial score (nSPS) is 20.6. The molecule has 1 fully saturated rings. The molecule has 1 saturated heterocycles. The minimum atomic E-state index is -1.66. The number of nitrogens with one attached hydrogen (secondary N) is 1. The lowest BCUT2D eigenvalue weighted by atomic mass is 9.98. The van der Waals surface area contributed by atoms with Crippen LogP contribution in [0.25, 0.3) is 0 Å². The van der Waals surface area contributed by atoms with Gasteiger partial charge >= 0.3 is 12.1 Å². The zero-order chi connectivity index (χ0) is 26.4. The minimum Gasteiger partial charge on any atom is -0.445 e. The van der Waals surface area contributed by atoms with Gasteiger partial charge in [0, 0.05) is 23.3 Å². The summed E-state index contributed by atoms with van der Waals surface area (Å²) in [5.74, 6) is -1.70. The van der Waals surface area contributed by atoms with Gasteiger partial charge in [0.05, 0.1) is 13.0 Å². The maximum absolute atomic E-state index is 13.4. The van der Waals surface area contributed by atoms with E-state index < -0.39 is 35.0 Å². The molecule has 37 heavy (non-hydrogen) atoms. The lowest BCUT2D eigenvalue weighted by molar-refractivity contribution is -0.194. The van der Waals surface area contributed by atoms with Crippen LogP contribution in [0.5, 0.6) is 0 Å². The Morgan fingerprint density at radius 2 is 1.92 bits per heavy atom. The molecular weight excluding hydrogens is 522 g/mol. The maximum Gasteiger partial charge on any atom is 0.404 e. The molecule has 1 aromatic carbocycles. The number of carbonyl (C=O) groups excluding carboxylic acids is 4. The summed E-state index contributed by atoms with van der Waals surface area (Å²) in [6, 6.07) is 13.0. The fourth-order valence-electron chi connectivity index (χ4n) is 3.92. The highest BCUT2D eigenvalue weighted by Gasteiger charge is 2.66. The summed E-state index contributed by atoms with van der Waals surface area (Å²) in [6.07, 6.45) is -0.949. The Kier molecular flexibility index (Phi) is 8.48. The average molecular weight is 548 g/mol. The number of hydrogen-bond donors (Lipinski definition) is 2. The highest BCUT2D eigenvalue weighted by Crippen LogP contribution is 2.47. The Morgan fingerprint density at radius 3 is 2.59 bits per heavy atom. The van der Waals surface area contributed by atoms with Gasteiger partial charge < -0.3 is 30.0 Å². The highest BCUT2D eigenvalue weighted by atomic mass is 32.2. The number of thiophene rings is 1. The number of nitrogens with zero attached hydrogens (tertiary/aromatic N) is 1. The van der Waals surface area contributed by atoms with Crippen molar-refractivity contribution in [1.29, 1.82) is 0 Å². The van der Waals surface area contributed by atoms with Crippen LogP contribution in [-0.2, 0) is 46.4 Å². The molecule has 2 aliphatic rings. The first kappa shape index (κ1) is 26.7. The number of esters is 1. The Hall–Kier alpha value is -3.39. The zero-order valence-corrected chi connectivity index (χ0v) is 21.5. The summed E-state index contributed by atoms with van der Waals surface area (Å²) < 4.78 is 21.1. The van der Waals surface area contributed by atoms with Gasteiger partial charge in [-0.1, -0.05) is 36.4 Å². The predicted octanol–water partition coefficient (Wildman–Crippen LogP) is 1.73. The number of methoxy groups -OCH3 is 1. The van der Waals surface area contributed by atoms with Crippen molar-refractivity contribution in [2.75, 3.05) is 26.3 Å². The number of amides is 3. The Balaban J connectivity index is 1.47. The first-order valence-corrected chi connectivity index (χ1v) is 13.1. The van der Waals surface area contributed by atoms with E-state index in [0.717, 1.165) is 10.4 Å². The van der Waals surface area contributed by atoms with Crippen molar-refractivity contribution in [3.05, 3.63) is 69.6 Å². The van der Waals surface area contributed by atoms with E-state index in [9.17, 15) is 19.2 Å². The van der Waals surface area contributed by atoms with Gasteiger partial charge in [0.2, 0.25) is 5.91 Å². The van der Waals surface area contributed by atoms with Crippen molar-refractivity contribution in [2.24, 2.45) is 5.73 Å². The number of ether oxygens (including phenoxy) is 4. The molecule has 4 rings (SSSR count). The Labute approximate surface area is 220 Å². The predicted molar refractivity (Wildman–Crippen MR) is 134 cm³/mol.